The topological polar surface area (TPSA) is 119 Å². The number of aromatic amines is 1. The molecule has 9 nitrogen and oxygen atoms in total. The number of ether oxygens (including phenoxy) is 2. The predicted molar refractivity (Wildman–Crippen MR) is 67.7 cm³/mol. The van der Waals surface area contributed by atoms with Crippen molar-refractivity contribution in [1.82, 2.24) is 25.3 Å². The van der Waals surface area contributed by atoms with Gasteiger partial charge in [0.25, 0.3) is 0 Å². The summed E-state index contributed by atoms with van der Waals surface area (Å²) in [4.78, 5) is -0.566. The van der Waals surface area contributed by atoms with Gasteiger partial charge in [0.05, 0.1) is 20.8 Å². The first-order chi connectivity index (χ1) is 9.97. The molecule has 2 aromatic rings. The van der Waals surface area contributed by atoms with Gasteiger partial charge in [-0.2, -0.15) is 5.21 Å². The molecule has 0 atom stereocenters. The standard InChI is InChI=1S/C10H12FN5O4S/c1-19-7-3-6(11)9(4-8(7)20-2)21(17,18)12-5-10-13-15-16-14-10/h3-4,12H,5H2,1-2H3,(H,13,14,15,16). The van der Waals surface area contributed by atoms with Gasteiger partial charge in [-0.3, -0.25) is 0 Å². The molecule has 2 N–H and O–H groups in total. The van der Waals surface area contributed by atoms with Gasteiger partial charge in [0.2, 0.25) is 10.0 Å². The van der Waals surface area contributed by atoms with Crippen LogP contribution < -0.4 is 14.2 Å². The molecule has 0 fully saturated rings. The molecule has 0 aliphatic carbocycles. The summed E-state index contributed by atoms with van der Waals surface area (Å²) in [6.45, 7) is -0.230. The lowest BCUT2D eigenvalue weighted by Gasteiger charge is -2.11. The van der Waals surface area contributed by atoms with Crippen LogP contribution in [-0.2, 0) is 16.6 Å². The van der Waals surface area contributed by atoms with Crippen molar-refractivity contribution in [3.8, 4) is 11.5 Å². The number of tetrazole rings is 1. The van der Waals surface area contributed by atoms with E-state index in [0.717, 1.165) is 12.1 Å². The number of nitrogens with zero attached hydrogens (tertiary/aromatic N) is 3. The molecule has 11 heteroatoms. The van der Waals surface area contributed by atoms with Crippen LogP contribution in [-0.4, -0.2) is 43.3 Å². The van der Waals surface area contributed by atoms with Crippen molar-refractivity contribution in [2.75, 3.05) is 14.2 Å². The Balaban J connectivity index is 2.31. The van der Waals surface area contributed by atoms with Crippen LogP contribution >= 0.6 is 0 Å². The number of benzene rings is 1. The van der Waals surface area contributed by atoms with Gasteiger partial charge in [-0.1, -0.05) is 5.21 Å². The highest BCUT2D eigenvalue weighted by atomic mass is 32.2. The molecule has 114 valence electrons. The molecule has 0 bridgehead atoms. The molecule has 0 saturated carbocycles. The van der Waals surface area contributed by atoms with E-state index in [-0.39, 0.29) is 23.9 Å². The number of sulfonamides is 1. The Morgan fingerprint density at radius 2 is 1.95 bits per heavy atom. The molecular formula is C10H12FN5O4S. The Labute approximate surface area is 119 Å². The molecule has 0 aliphatic rings. The Bertz CT molecular complexity index is 719. The van der Waals surface area contributed by atoms with Crippen LogP contribution in [0.2, 0.25) is 0 Å². The summed E-state index contributed by atoms with van der Waals surface area (Å²) in [6, 6.07) is 1.97. The number of halogens is 1. The fourth-order valence-electron chi connectivity index (χ4n) is 1.54. The highest BCUT2D eigenvalue weighted by Crippen LogP contribution is 2.31. The summed E-state index contributed by atoms with van der Waals surface area (Å²) in [5.74, 6) is -0.654. The first-order valence-electron chi connectivity index (χ1n) is 5.61. The molecule has 2 rings (SSSR count). The maximum absolute atomic E-state index is 13.9. The van der Waals surface area contributed by atoms with E-state index in [1.807, 2.05) is 0 Å². The van der Waals surface area contributed by atoms with Gasteiger partial charge >= 0.3 is 0 Å². The summed E-state index contributed by atoms with van der Waals surface area (Å²) in [5, 5.41) is 12.6. The van der Waals surface area contributed by atoms with E-state index in [0.29, 0.717) is 0 Å². The lowest BCUT2D eigenvalue weighted by atomic mass is 10.3. The second-order valence-corrected chi connectivity index (χ2v) is 5.53. The number of rotatable bonds is 6. The molecule has 0 amide bonds. The van der Waals surface area contributed by atoms with Crippen molar-refractivity contribution in [2.24, 2.45) is 0 Å². The smallest absolute Gasteiger partial charge is 0.244 e. The first kappa shape index (κ1) is 15.1. The van der Waals surface area contributed by atoms with E-state index >= 15 is 0 Å². The normalized spacial score (nSPS) is 11.4. The van der Waals surface area contributed by atoms with Crippen molar-refractivity contribution in [3.63, 3.8) is 0 Å². The van der Waals surface area contributed by atoms with Gasteiger partial charge in [-0.15, -0.1) is 10.2 Å². The van der Waals surface area contributed by atoms with Crippen LogP contribution in [0.15, 0.2) is 17.0 Å². The van der Waals surface area contributed by atoms with Gasteiger partial charge in [0.1, 0.15) is 10.7 Å². The Hall–Kier alpha value is -2.27. The first-order valence-corrected chi connectivity index (χ1v) is 7.09. The minimum atomic E-state index is -4.11. The summed E-state index contributed by atoms with van der Waals surface area (Å²) in [5.41, 5.74) is 0. The molecule has 1 heterocycles. The van der Waals surface area contributed by atoms with E-state index in [2.05, 4.69) is 25.3 Å². The van der Waals surface area contributed by atoms with Crippen LogP contribution in [0.4, 0.5) is 4.39 Å². The van der Waals surface area contributed by atoms with Gasteiger partial charge in [-0.25, -0.2) is 17.5 Å². The number of aromatic nitrogens is 4. The van der Waals surface area contributed by atoms with Crippen LogP contribution in [0.3, 0.4) is 0 Å². The molecule has 0 radical (unpaired) electrons. The zero-order valence-corrected chi connectivity index (χ0v) is 11.9. The van der Waals surface area contributed by atoms with Crippen molar-refractivity contribution in [3.05, 3.63) is 23.8 Å². The molecule has 0 spiro atoms. The third-order valence-electron chi connectivity index (χ3n) is 2.54. The number of hydrogen-bond acceptors (Lipinski definition) is 7. The molecule has 21 heavy (non-hydrogen) atoms. The predicted octanol–water partition coefficient (Wildman–Crippen LogP) is -0.166. The Kier molecular flexibility index (Phi) is 4.33. The van der Waals surface area contributed by atoms with Gasteiger partial charge in [0.15, 0.2) is 17.3 Å². The Morgan fingerprint density at radius 1 is 1.29 bits per heavy atom. The Morgan fingerprint density at radius 3 is 2.52 bits per heavy atom. The van der Waals surface area contributed by atoms with E-state index in [4.69, 9.17) is 9.47 Å². The minimum Gasteiger partial charge on any atom is -0.493 e. The second kappa shape index (κ2) is 6.01. The highest BCUT2D eigenvalue weighted by Gasteiger charge is 2.23. The summed E-state index contributed by atoms with van der Waals surface area (Å²) in [7, 11) is -1.47. The van der Waals surface area contributed by atoms with E-state index in [1.54, 1.807) is 0 Å². The van der Waals surface area contributed by atoms with E-state index in [1.165, 1.54) is 14.2 Å². The maximum Gasteiger partial charge on any atom is 0.244 e. The van der Waals surface area contributed by atoms with Gasteiger partial charge < -0.3 is 9.47 Å². The van der Waals surface area contributed by atoms with Crippen LogP contribution in [0.5, 0.6) is 11.5 Å². The number of H-pyrrole nitrogens is 1. The largest absolute Gasteiger partial charge is 0.493 e. The van der Waals surface area contributed by atoms with E-state index in [9.17, 15) is 12.8 Å². The highest BCUT2D eigenvalue weighted by molar-refractivity contribution is 7.89. The van der Waals surface area contributed by atoms with Crippen molar-refractivity contribution in [2.45, 2.75) is 11.4 Å². The molecular weight excluding hydrogens is 305 g/mol. The molecule has 0 unspecified atom stereocenters. The quantitative estimate of drug-likeness (QED) is 0.759. The zero-order valence-electron chi connectivity index (χ0n) is 11.1. The van der Waals surface area contributed by atoms with Gasteiger partial charge in [0, 0.05) is 12.1 Å². The van der Waals surface area contributed by atoms with Crippen molar-refractivity contribution < 1.29 is 22.3 Å². The summed E-state index contributed by atoms with van der Waals surface area (Å²) in [6.07, 6.45) is 0. The van der Waals surface area contributed by atoms with Crippen LogP contribution in [0, 0.1) is 5.82 Å². The monoisotopic (exact) mass is 317 g/mol. The second-order valence-electron chi connectivity index (χ2n) is 3.79. The molecule has 1 aromatic carbocycles. The molecule has 1 aromatic heterocycles. The average molecular weight is 317 g/mol. The lowest BCUT2D eigenvalue weighted by molar-refractivity contribution is 0.350. The van der Waals surface area contributed by atoms with Crippen molar-refractivity contribution >= 4 is 10.0 Å². The number of methoxy groups -OCH3 is 2. The summed E-state index contributed by atoms with van der Waals surface area (Å²) < 4.78 is 50.1. The van der Waals surface area contributed by atoms with Crippen LogP contribution in [0.25, 0.3) is 0 Å². The number of nitrogens with one attached hydrogen (secondary N) is 2. The zero-order chi connectivity index (χ0) is 15.5. The molecule has 0 saturated heterocycles. The van der Waals surface area contributed by atoms with Crippen molar-refractivity contribution in [1.29, 1.82) is 0 Å². The lowest BCUT2D eigenvalue weighted by Crippen LogP contribution is -2.25. The SMILES string of the molecule is COc1cc(F)c(S(=O)(=O)NCc2nn[nH]n2)cc1OC. The third kappa shape index (κ3) is 3.25. The summed E-state index contributed by atoms with van der Waals surface area (Å²) >= 11 is 0. The number of hydrogen-bond donors (Lipinski definition) is 2. The fraction of sp³-hybridized carbons (Fsp3) is 0.300. The average Bonchev–Trinajstić information content (AvgIpc) is 2.98. The van der Waals surface area contributed by atoms with E-state index < -0.39 is 20.7 Å². The van der Waals surface area contributed by atoms with Crippen LogP contribution in [0.1, 0.15) is 5.82 Å². The minimum absolute atomic E-state index is 0.0899. The third-order valence-corrected chi connectivity index (χ3v) is 3.95. The maximum atomic E-state index is 13.9. The van der Waals surface area contributed by atoms with Gasteiger partial charge in [-0.05, 0) is 0 Å². The molecule has 0 aliphatic heterocycles. The fourth-order valence-corrected chi connectivity index (χ4v) is 2.59.